The van der Waals surface area contributed by atoms with Crippen molar-refractivity contribution >= 4 is 6.29 Å². The van der Waals surface area contributed by atoms with Crippen molar-refractivity contribution in [2.45, 2.75) is 0 Å². The Kier molecular flexibility index (Phi) is 2.81. The zero-order chi connectivity index (χ0) is 13.4. The number of hydrogen-bond donors (Lipinski definition) is 0. The van der Waals surface area contributed by atoms with Crippen LogP contribution in [0, 0.1) is 29.1 Å². The lowest BCUT2D eigenvalue weighted by atomic mass is 10.2. The topological polar surface area (TPSA) is 47.8 Å². The third kappa shape index (κ3) is 1.63. The Morgan fingerprint density at radius 1 is 0.944 bits per heavy atom. The van der Waals surface area contributed by atoms with Crippen LogP contribution >= 0.6 is 0 Å². The fraction of sp³-hybridized carbons (Fsp3) is 0. The molecule has 0 unspecified atom stereocenters. The molecular weight excluding hydrogens is 261 g/mol. The second kappa shape index (κ2) is 4.17. The molecule has 0 radical (unpaired) electrons. The van der Waals surface area contributed by atoms with Crippen molar-refractivity contribution in [3.8, 4) is 5.69 Å². The summed E-state index contributed by atoms with van der Waals surface area (Å²) in [4.78, 5) is 10.3. The highest BCUT2D eigenvalue weighted by Gasteiger charge is 2.27. The van der Waals surface area contributed by atoms with Crippen molar-refractivity contribution < 1.29 is 26.7 Å². The molecular formula is C9H2F5N3O. The van der Waals surface area contributed by atoms with E-state index >= 15 is 0 Å². The molecule has 0 amide bonds. The van der Waals surface area contributed by atoms with Crippen LogP contribution in [0.1, 0.15) is 10.5 Å². The number of hydrogen-bond acceptors (Lipinski definition) is 3. The van der Waals surface area contributed by atoms with Crippen molar-refractivity contribution in [1.29, 1.82) is 0 Å². The molecule has 0 N–H and O–H groups in total. The fourth-order valence-electron chi connectivity index (χ4n) is 1.23. The first-order valence-electron chi connectivity index (χ1n) is 4.36. The third-order valence-electron chi connectivity index (χ3n) is 2.05. The van der Waals surface area contributed by atoms with E-state index < -0.39 is 34.8 Å². The molecule has 0 aliphatic rings. The summed E-state index contributed by atoms with van der Waals surface area (Å²) in [7, 11) is 0. The molecule has 1 heterocycles. The minimum Gasteiger partial charge on any atom is -0.296 e. The molecule has 0 fully saturated rings. The van der Waals surface area contributed by atoms with Crippen LogP contribution in [0.15, 0.2) is 6.20 Å². The first kappa shape index (κ1) is 12.1. The van der Waals surface area contributed by atoms with Gasteiger partial charge in [0.1, 0.15) is 11.4 Å². The van der Waals surface area contributed by atoms with E-state index in [0.717, 1.165) is 6.20 Å². The highest BCUT2D eigenvalue weighted by molar-refractivity contribution is 5.70. The van der Waals surface area contributed by atoms with Crippen molar-refractivity contribution in [3.63, 3.8) is 0 Å². The van der Waals surface area contributed by atoms with Gasteiger partial charge in [-0.2, -0.15) is 0 Å². The number of carbonyl (C=O) groups is 1. The normalized spacial score (nSPS) is 10.7. The zero-order valence-electron chi connectivity index (χ0n) is 8.29. The van der Waals surface area contributed by atoms with E-state index in [2.05, 4.69) is 10.3 Å². The van der Waals surface area contributed by atoms with Gasteiger partial charge in [-0.25, -0.2) is 26.6 Å². The summed E-state index contributed by atoms with van der Waals surface area (Å²) in [6.07, 6.45) is 0.931. The Morgan fingerprint density at radius 3 is 1.89 bits per heavy atom. The largest absolute Gasteiger partial charge is 0.296 e. The number of halogens is 5. The molecule has 0 aliphatic heterocycles. The van der Waals surface area contributed by atoms with Gasteiger partial charge >= 0.3 is 0 Å². The average Bonchev–Trinajstić information content (AvgIpc) is 2.83. The van der Waals surface area contributed by atoms with E-state index in [9.17, 15) is 26.7 Å². The minimum absolute atomic E-state index is 0.204. The van der Waals surface area contributed by atoms with E-state index in [1.165, 1.54) is 0 Å². The molecule has 4 nitrogen and oxygen atoms in total. The predicted molar refractivity (Wildman–Crippen MR) is 46.5 cm³/mol. The van der Waals surface area contributed by atoms with Gasteiger partial charge in [0, 0.05) is 0 Å². The average molecular weight is 263 g/mol. The maximum absolute atomic E-state index is 13.3. The van der Waals surface area contributed by atoms with Gasteiger partial charge in [0.15, 0.2) is 29.6 Å². The van der Waals surface area contributed by atoms with Gasteiger partial charge in [-0.05, 0) is 0 Å². The molecule has 0 aliphatic carbocycles. The molecule has 0 saturated heterocycles. The molecule has 1 aromatic heterocycles. The Balaban J connectivity index is 2.75. The lowest BCUT2D eigenvalue weighted by Crippen LogP contribution is -2.10. The molecule has 2 aromatic rings. The summed E-state index contributed by atoms with van der Waals surface area (Å²) in [6, 6.07) is 0. The number of benzene rings is 1. The second-order valence-corrected chi connectivity index (χ2v) is 3.12. The lowest BCUT2D eigenvalue weighted by Gasteiger charge is -2.06. The zero-order valence-corrected chi connectivity index (χ0v) is 8.29. The second-order valence-electron chi connectivity index (χ2n) is 3.12. The van der Waals surface area contributed by atoms with Gasteiger partial charge in [0.2, 0.25) is 5.82 Å². The summed E-state index contributed by atoms with van der Waals surface area (Å²) >= 11 is 0. The van der Waals surface area contributed by atoms with E-state index in [1.54, 1.807) is 0 Å². The van der Waals surface area contributed by atoms with Gasteiger partial charge in [-0.15, -0.1) is 5.10 Å². The van der Waals surface area contributed by atoms with Crippen LogP contribution in [0.2, 0.25) is 0 Å². The molecule has 0 spiro atoms. The maximum atomic E-state index is 13.3. The van der Waals surface area contributed by atoms with Gasteiger partial charge < -0.3 is 0 Å². The molecule has 18 heavy (non-hydrogen) atoms. The van der Waals surface area contributed by atoms with Crippen LogP contribution < -0.4 is 0 Å². The van der Waals surface area contributed by atoms with Crippen LogP contribution in [-0.2, 0) is 0 Å². The quantitative estimate of drug-likeness (QED) is 0.359. The van der Waals surface area contributed by atoms with Crippen LogP contribution in [0.3, 0.4) is 0 Å². The number of rotatable bonds is 2. The summed E-state index contributed by atoms with van der Waals surface area (Å²) in [5.74, 6) is -10.6. The fourth-order valence-corrected chi connectivity index (χ4v) is 1.23. The van der Waals surface area contributed by atoms with Gasteiger partial charge in [-0.1, -0.05) is 5.21 Å². The van der Waals surface area contributed by atoms with Crippen LogP contribution in [0.25, 0.3) is 5.69 Å². The standard InChI is InChI=1S/C9H2F5N3O/c10-4-5(11)7(13)9(8(14)6(4)12)17-1-3(2-18)15-16-17/h1-2H. The van der Waals surface area contributed by atoms with Gasteiger partial charge in [0.05, 0.1) is 6.20 Å². The summed E-state index contributed by atoms with van der Waals surface area (Å²) in [5, 5.41) is 6.24. The summed E-state index contributed by atoms with van der Waals surface area (Å²) in [5.41, 5.74) is -1.62. The van der Waals surface area contributed by atoms with E-state index in [0.29, 0.717) is 4.68 Å². The van der Waals surface area contributed by atoms with Crippen molar-refractivity contribution in [1.82, 2.24) is 15.0 Å². The third-order valence-corrected chi connectivity index (χ3v) is 2.05. The summed E-state index contributed by atoms with van der Waals surface area (Å²) in [6.45, 7) is 0. The van der Waals surface area contributed by atoms with Crippen LogP contribution in [-0.4, -0.2) is 21.3 Å². The minimum atomic E-state index is -2.27. The number of aldehydes is 1. The van der Waals surface area contributed by atoms with Crippen LogP contribution in [0.4, 0.5) is 22.0 Å². The first-order valence-corrected chi connectivity index (χ1v) is 4.36. The summed E-state index contributed by atoms with van der Waals surface area (Å²) < 4.78 is 65.4. The molecule has 0 atom stereocenters. The highest BCUT2D eigenvalue weighted by atomic mass is 19.2. The Labute approximate surface area is 95.6 Å². The number of nitrogens with zero attached hydrogens (tertiary/aromatic N) is 3. The number of aromatic nitrogens is 3. The van der Waals surface area contributed by atoms with Crippen molar-refractivity contribution in [3.05, 3.63) is 41.0 Å². The maximum Gasteiger partial charge on any atom is 0.200 e. The monoisotopic (exact) mass is 263 g/mol. The SMILES string of the molecule is O=Cc1cn(-c2c(F)c(F)c(F)c(F)c2F)nn1. The molecule has 0 bridgehead atoms. The number of carbonyl (C=O) groups excluding carboxylic acids is 1. The van der Waals surface area contributed by atoms with Crippen molar-refractivity contribution in [2.75, 3.05) is 0 Å². The predicted octanol–water partition coefficient (Wildman–Crippen LogP) is 1.78. The molecule has 2 rings (SSSR count). The first-order chi connectivity index (χ1) is 8.47. The van der Waals surface area contributed by atoms with Gasteiger partial charge in [0.25, 0.3) is 0 Å². The molecule has 1 aromatic carbocycles. The Morgan fingerprint density at radius 2 is 1.44 bits per heavy atom. The smallest absolute Gasteiger partial charge is 0.200 e. The highest BCUT2D eigenvalue weighted by Crippen LogP contribution is 2.25. The van der Waals surface area contributed by atoms with Crippen LogP contribution in [0.5, 0.6) is 0 Å². The van der Waals surface area contributed by atoms with Gasteiger partial charge in [-0.3, -0.25) is 4.79 Å². The molecule has 94 valence electrons. The van der Waals surface area contributed by atoms with E-state index in [1.807, 2.05) is 0 Å². The van der Waals surface area contributed by atoms with E-state index in [-0.39, 0.29) is 12.0 Å². The molecule has 9 heteroatoms. The Hall–Kier alpha value is -2.32. The Bertz CT molecular complexity index is 610. The molecule has 0 saturated carbocycles. The lowest BCUT2D eigenvalue weighted by molar-refractivity contribution is 0.111. The van der Waals surface area contributed by atoms with E-state index in [4.69, 9.17) is 0 Å². The van der Waals surface area contributed by atoms with Crippen molar-refractivity contribution in [2.24, 2.45) is 0 Å².